The standard InChI is InChI=1S/C26H28N6O3/c1-34-20-4-3-18(23(16-20)35-2)17-32-12-8-22(33)21-5-6-24(30-26(21)32)29-25-15-19(7-9-28-25)31-13-10-27-11-14-31/h3-9,12,15-16,27H,10-11,13-14,17H2,1-2H3,(H,28,29,30). The highest BCUT2D eigenvalue weighted by Gasteiger charge is 2.13. The second kappa shape index (κ2) is 10.0. The van der Waals surface area contributed by atoms with Crippen LogP contribution in [-0.4, -0.2) is 54.9 Å². The summed E-state index contributed by atoms with van der Waals surface area (Å²) in [5, 5.41) is 7.22. The van der Waals surface area contributed by atoms with Crippen LogP contribution in [0.3, 0.4) is 0 Å². The average molecular weight is 473 g/mol. The number of benzene rings is 1. The monoisotopic (exact) mass is 472 g/mol. The molecular weight excluding hydrogens is 444 g/mol. The molecular formula is C26H28N6O3. The maximum Gasteiger partial charge on any atom is 0.191 e. The van der Waals surface area contributed by atoms with Gasteiger partial charge in [-0.05, 0) is 30.3 Å². The van der Waals surface area contributed by atoms with Crippen molar-refractivity contribution in [1.82, 2.24) is 19.9 Å². The summed E-state index contributed by atoms with van der Waals surface area (Å²) in [5.41, 5.74) is 2.58. The Kier molecular flexibility index (Phi) is 6.49. The van der Waals surface area contributed by atoms with Crippen molar-refractivity contribution in [2.75, 3.05) is 50.6 Å². The van der Waals surface area contributed by atoms with Gasteiger partial charge in [0, 0.05) is 68.0 Å². The van der Waals surface area contributed by atoms with Gasteiger partial charge >= 0.3 is 0 Å². The zero-order valence-corrected chi connectivity index (χ0v) is 19.8. The Morgan fingerprint density at radius 1 is 1.00 bits per heavy atom. The van der Waals surface area contributed by atoms with Gasteiger partial charge < -0.3 is 29.6 Å². The number of pyridine rings is 3. The molecule has 35 heavy (non-hydrogen) atoms. The molecule has 1 aromatic carbocycles. The number of ether oxygens (including phenoxy) is 2. The Hall–Kier alpha value is -4.11. The van der Waals surface area contributed by atoms with E-state index in [2.05, 4.69) is 20.5 Å². The van der Waals surface area contributed by atoms with Crippen LogP contribution in [0, 0.1) is 0 Å². The Morgan fingerprint density at radius 2 is 1.86 bits per heavy atom. The number of rotatable bonds is 7. The SMILES string of the molecule is COc1ccc(Cn2ccc(=O)c3ccc(Nc4cc(N5CCNCC5)ccn4)nc32)c(OC)c1. The van der Waals surface area contributed by atoms with E-state index >= 15 is 0 Å². The van der Waals surface area contributed by atoms with Gasteiger partial charge in [-0.2, -0.15) is 0 Å². The number of anilines is 3. The predicted octanol–water partition coefficient (Wildman–Crippen LogP) is 3.01. The van der Waals surface area contributed by atoms with Gasteiger partial charge in [0.15, 0.2) is 5.43 Å². The van der Waals surface area contributed by atoms with Crippen LogP contribution < -0.4 is 30.4 Å². The quantitative estimate of drug-likeness (QED) is 0.424. The number of hydrogen-bond acceptors (Lipinski definition) is 8. The first-order valence-corrected chi connectivity index (χ1v) is 11.5. The lowest BCUT2D eigenvalue weighted by Crippen LogP contribution is -2.43. The van der Waals surface area contributed by atoms with Gasteiger partial charge in [-0.25, -0.2) is 9.97 Å². The lowest BCUT2D eigenvalue weighted by molar-refractivity contribution is 0.390. The summed E-state index contributed by atoms with van der Waals surface area (Å²) in [6.07, 6.45) is 3.56. The van der Waals surface area contributed by atoms with Crippen LogP contribution in [0.2, 0.25) is 0 Å². The fourth-order valence-electron chi connectivity index (χ4n) is 4.28. The fraction of sp³-hybridized carbons (Fsp3) is 0.269. The summed E-state index contributed by atoms with van der Waals surface area (Å²) in [6.45, 7) is 4.33. The van der Waals surface area contributed by atoms with Crippen molar-refractivity contribution >= 4 is 28.4 Å². The Morgan fingerprint density at radius 3 is 2.66 bits per heavy atom. The molecule has 3 aromatic heterocycles. The first-order valence-electron chi connectivity index (χ1n) is 11.5. The zero-order valence-electron chi connectivity index (χ0n) is 19.8. The van der Waals surface area contributed by atoms with E-state index in [0.717, 1.165) is 43.2 Å². The normalized spacial score (nSPS) is 13.6. The molecule has 1 aliphatic heterocycles. The first-order chi connectivity index (χ1) is 17.1. The van der Waals surface area contributed by atoms with Crippen LogP contribution in [0.15, 0.2) is 65.7 Å². The number of piperazine rings is 1. The number of aromatic nitrogens is 3. The van der Waals surface area contributed by atoms with Crippen LogP contribution in [0.1, 0.15) is 5.56 Å². The highest BCUT2D eigenvalue weighted by molar-refractivity contribution is 5.77. The van der Waals surface area contributed by atoms with Crippen LogP contribution in [0.5, 0.6) is 11.5 Å². The molecule has 9 heteroatoms. The van der Waals surface area contributed by atoms with Crippen LogP contribution in [0.4, 0.5) is 17.3 Å². The van der Waals surface area contributed by atoms with Crippen molar-refractivity contribution in [3.63, 3.8) is 0 Å². The number of methoxy groups -OCH3 is 2. The molecule has 1 saturated heterocycles. The van der Waals surface area contributed by atoms with Gasteiger partial charge in [-0.3, -0.25) is 4.79 Å². The van der Waals surface area contributed by atoms with E-state index in [-0.39, 0.29) is 5.43 Å². The topological polar surface area (TPSA) is 93.5 Å². The summed E-state index contributed by atoms with van der Waals surface area (Å²) in [5.74, 6) is 2.74. The number of nitrogens with one attached hydrogen (secondary N) is 2. The van der Waals surface area contributed by atoms with E-state index in [0.29, 0.717) is 35.0 Å². The molecule has 0 amide bonds. The van der Waals surface area contributed by atoms with E-state index in [1.165, 1.54) is 0 Å². The molecule has 180 valence electrons. The fourth-order valence-corrected chi connectivity index (χ4v) is 4.28. The maximum absolute atomic E-state index is 12.5. The van der Waals surface area contributed by atoms with Gasteiger partial charge in [-0.15, -0.1) is 0 Å². The van der Waals surface area contributed by atoms with Crippen molar-refractivity contribution in [2.24, 2.45) is 0 Å². The molecule has 0 bridgehead atoms. The minimum Gasteiger partial charge on any atom is -0.497 e. The molecule has 1 fully saturated rings. The van der Waals surface area contributed by atoms with E-state index in [1.54, 1.807) is 44.8 Å². The predicted molar refractivity (Wildman–Crippen MR) is 137 cm³/mol. The second-order valence-electron chi connectivity index (χ2n) is 8.31. The summed E-state index contributed by atoms with van der Waals surface area (Å²) in [6, 6.07) is 14.9. The lowest BCUT2D eigenvalue weighted by Gasteiger charge is -2.29. The molecule has 0 saturated carbocycles. The average Bonchev–Trinajstić information content (AvgIpc) is 2.91. The van der Waals surface area contributed by atoms with Crippen molar-refractivity contribution < 1.29 is 9.47 Å². The Balaban J connectivity index is 1.46. The molecule has 2 N–H and O–H groups in total. The van der Waals surface area contributed by atoms with Crippen LogP contribution >= 0.6 is 0 Å². The molecule has 0 atom stereocenters. The van der Waals surface area contributed by atoms with Crippen molar-refractivity contribution in [1.29, 1.82) is 0 Å². The summed E-state index contributed by atoms with van der Waals surface area (Å²) < 4.78 is 12.8. The van der Waals surface area contributed by atoms with Crippen molar-refractivity contribution in [2.45, 2.75) is 6.54 Å². The molecule has 4 heterocycles. The van der Waals surface area contributed by atoms with E-state index in [9.17, 15) is 4.79 Å². The molecule has 9 nitrogen and oxygen atoms in total. The number of hydrogen-bond donors (Lipinski definition) is 2. The molecule has 0 aliphatic carbocycles. The van der Waals surface area contributed by atoms with Gasteiger partial charge in [0.25, 0.3) is 0 Å². The summed E-state index contributed by atoms with van der Waals surface area (Å²) in [7, 11) is 3.25. The Labute approximate surface area is 203 Å². The van der Waals surface area contributed by atoms with E-state index in [4.69, 9.17) is 14.5 Å². The highest BCUT2D eigenvalue weighted by atomic mass is 16.5. The molecule has 4 aromatic rings. The third-order valence-corrected chi connectivity index (χ3v) is 6.14. The van der Waals surface area contributed by atoms with Gasteiger partial charge in [0.2, 0.25) is 0 Å². The summed E-state index contributed by atoms with van der Waals surface area (Å²) in [4.78, 5) is 24.1. The van der Waals surface area contributed by atoms with Gasteiger partial charge in [0.1, 0.15) is 28.8 Å². The van der Waals surface area contributed by atoms with Crippen molar-refractivity contribution in [3.8, 4) is 11.5 Å². The summed E-state index contributed by atoms with van der Waals surface area (Å²) >= 11 is 0. The number of fused-ring (bicyclic) bond motifs is 1. The van der Waals surface area contributed by atoms with Crippen molar-refractivity contribution in [3.05, 3.63) is 76.7 Å². The van der Waals surface area contributed by atoms with E-state index in [1.807, 2.05) is 34.9 Å². The van der Waals surface area contributed by atoms with E-state index < -0.39 is 0 Å². The smallest absolute Gasteiger partial charge is 0.191 e. The molecule has 0 radical (unpaired) electrons. The molecule has 5 rings (SSSR count). The van der Waals surface area contributed by atoms with Gasteiger partial charge in [0.05, 0.1) is 26.2 Å². The second-order valence-corrected chi connectivity index (χ2v) is 8.31. The molecule has 0 spiro atoms. The third-order valence-electron chi connectivity index (χ3n) is 6.14. The highest BCUT2D eigenvalue weighted by Crippen LogP contribution is 2.26. The van der Waals surface area contributed by atoms with Crippen LogP contribution in [0.25, 0.3) is 11.0 Å². The third kappa shape index (κ3) is 4.90. The Bertz CT molecular complexity index is 1400. The minimum absolute atomic E-state index is 0.0733. The minimum atomic E-state index is -0.0733. The zero-order chi connectivity index (χ0) is 24.2. The largest absolute Gasteiger partial charge is 0.497 e. The number of nitrogens with zero attached hydrogens (tertiary/aromatic N) is 4. The molecule has 0 unspecified atom stereocenters. The first kappa shape index (κ1) is 22.7. The van der Waals surface area contributed by atoms with Crippen LogP contribution in [-0.2, 0) is 6.54 Å². The maximum atomic E-state index is 12.5. The lowest BCUT2D eigenvalue weighted by atomic mass is 10.1. The molecule has 1 aliphatic rings. The van der Waals surface area contributed by atoms with Gasteiger partial charge in [-0.1, -0.05) is 0 Å².